The second-order valence-corrected chi connectivity index (χ2v) is 7.27. The maximum absolute atomic E-state index is 12.6. The molecular weight excluding hydrogens is 342 g/mol. The quantitative estimate of drug-likeness (QED) is 0.507. The summed E-state index contributed by atoms with van der Waals surface area (Å²) in [4.78, 5) is 13.8. The highest BCUT2D eigenvalue weighted by Crippen LogP contribution is 2.17. The molecule has 0 aliphatic carbocycles. The Morgan fingerprint density at radius 1 is 1.04 bits per heavy atom. The van der Waals surface area contributed by atoms with E-state index in [2.05, 4.69) is 34.7 Å². The molecule has 0 aliphatic heterocycles. The molecule has 0 saturated carbocycles. The molecule has 26 heavy (non-hydrogen) atoms. The zero-order valence-electron chi connectivity index (χ0n) is 15.1. The third-order valence-corrected chi connectivity index (χ3v) is 5.20. The van der Waals surface area contributed by atoms with Crippen molar-refractivity contribution < 1.29 is 4.79 Å². The van der Waals surface area contributed by atoms with Gasteiger partial charge in [-0.15, -0.1) is 11.8 Å². The van der Waals surface area contributed by atoms with E-state index < -0.39 is 0 Å². The van der Waals surface area contributed by atoms with Crippen LogP contribution in [0.25, 0.3) is 0 Å². The second-order valence-electron chi connectivity index (χ2n) is 6.11. The van der Waals surface area contributed by atoms with Crippen molar-refractivity contribution in [1.82, 2.24) is 15.1 Å². The normalized spacial score (nSPS) is 10.7. The van der Waals surface area contributed by atoms with Gasteiger partial charge in [0.2, 0.25) is 0 Å². The van der Waals surface area contributed by atoms with E-state index in [0.29, 0.717) is 18.7 Å². The topological polar surface area (TPSA) is 46.9 Å². The van der Waals surface area contributed by atoms with Gasteiger partial charge in [-0.25, -0.2) is 0 Å². The summed E-state index contributed by atoms with van der Waals surface area (Å²) >= 11 is 1.74. The summed E-state index contributed by atoms with van der Waals surface area (Å²) in [6, 6.07) is 20.4. The molecule has 0 spiro atoms. The highest BCUT2D eigenvalue weighted by Gasteiger charge is 2.18. The minimum atomic E-state index is -0.0482. The number of aromatic nitrogens is 2. The van der Waals surface area contributed by atoms with E-state index in [-0.39, 0.29) is 5.91 Å². The van der Waals surface area contributed by atoms with Crippen molar-refractivity contribution in [2.24, 2.45) is 0 Å². The molecule has 5 heteroatoms. The van der Waals surface area contributed by atoms with Crippen LogP contribution in [0, 0.1) is 13.8 Å². The number of thioether (sulfide) groups is 1. The number of rotatable bonds is 7. The van der Waals surface area contributed by atoms with Gasteiger partial charge in [-0.05, 0) is 31.5 Å². The Kier molecular flexibility index (Phi) is 6.12. The molecule has 0 radical (unpaired) electrons. The van der Waals surface area contributed by atoms with E-state index in [1.165, 1.54) is 10.5 Å². The number of nitrogens with one attached hydrogen (secondary N) is 1. The number of carbonyl (C=O) groups is 1. The number of carbonyl (C=O) groups excluding carboxylic acids is 1. The van der Waals surface area contributed by atoms with Crippen LogP contribution in [0.2, 0.25) is 0 Å². The van der Waals surface area contributed by atoms with Crippen molar-refractivity contribution in [3.05, 3.63) is 83.2 Å². The average molecular weight is 366 g/mol. The molecule has 3 rings (SSSR count). The van der Waals surface area contributed by atoms with Crippen LogP contribution in [0.5, 0.6) is 0 Å². The van der Waals surface area contributed by atoms with Gasteiger partial charge in [0.1, 0.15) is 0 Å². The molecule has 134 valence electrons. The fourth-order valence-corrected chi connectivity index (χ4v) is 3.66. The second kappa shape index (κ2) is 8.72. The van der Waals surface area contributed by atoms with Gasteiger partial charge in [-0.1, -0.05) is 48.5 Å². The maximum Gasteiger partial charge on any atom is 0.255 e. The van der Waals surface area contributed by atoms with Crippen LogP contribution in [0.4, 0.5) is 0 Å². The summed E-state index contributed by atoms with van der Waals surface area (Å²) < 4.78 is 1.90. The first-order chi connectivity index (χ1) is 12.6. The molecule has 0 unspecified atom stereocenters. The van der Waals surface area contributed by atoms with Crippen LogP contribution in [0.1, 0.15) is 27.3 Å². The molecule has 3 aromatic rings. The van der Waals surface area contributed by atoms with Crippen LogP contribution in [0.3, 0.4) is 0 Å². The standard InChI is InChI=1S/C21H23N3OS/c1-16-20(17(2)24(23-16)15-18-9-5-3-6-10-18)21(25)22-13-14-26-19-11-7-4-8-12-19/h3-12H,13-15H2,1-2H3,(H,22,25). The van der Waals surface area contributed by atoms with Gasteiger partial charge < -0.3 is 5.32 Å². The van der Waals surface area contributed by atoms with Crippen LogP contribution in [-0.4, -0.2) is 28.0 Å². The summed E-state index contributed by atoms with van der Waals surface area (Å²) in [6.07, 6.45) is 0. The summed E-state index contributed by atoms with van der Waals surface area (Å²) in [7, 11) is 0. The van der Waals surface area contributed by atoms with E-state index in [1.54, 1.807) is 11.8 Å². The third kappa shape index (κ3) is 4.55. The largest absolute Gasteiger partial charge is 0.351 e. The van der Waals surface area contributed by atoms with E-state index >= 15 is 0 Å². The minimum absolute atomic E-state index is 0.0482. The van der Waals surface area contributed by atoms with Gasteiger partial charge >= 0.3 is 0 Å². The van der Waals surface area contributed by atoms with Crippen LogP contribution < -0.4 is 5.32 Å². The smallest absolute Gasteiger partial charge is 0.255 e. The molecule has 0 bridgehead atoms. The SMILES string of the molecule is Cc1nn(Cc2ccccc2)c(C)c1C(=O)NCCSc1ccccc1. The van der Waals surface area contributed by atoms with Crippen LogP contribution in [0.15, 0.2) is 65.6 Å². The number of aryl methyl sites for hydroxylation is 1. The lowest BCUT2D eigenvalue weighted by Crippen LogP contribution is -2.26. The van der Waals surface area contributed by atoms with Gasteiger partial charge in [-0.3, -0.25) is 9.48 Å². The Morgan fingerprint density at radius 2 is 1.69 bits per heavy atom. The first-order valence-corrected chi connectivity index (χ1v) is 9.67. The molecule has 1 amide bonds. The van der Waals surface area contributed by atoms with Crippen molar-refractivity contribution in [2.45, 2.75) is 25.3 Å². The lowest BCUT2D eigenvalue weighted by molar-refractivity contribution is 0.0955. The Morgan fingerprint density at radius 3 is 2.38 bits per heavy atom. The first kappa shape index (κ1) is 18.3. The molecule has 0 saturated heterocycles. The zero-order valence-corrected chi connectivity index (χ0v) is 15.9. The predicted molar refractivity (Wildman–Crippen MR) is 107 cm³/mol. The average Bonchev–Trinajstić information content (AvgIpc) is 2.94. The fraction of sp³-hybridized carbons (Fsp3) is 0.238. The van der Waals surface area contributed by atoms with Crippen LogP contribution in [-0.2, 0) is 6.54 Å². The molecule has 2 aromatic carbocycles. The Hall–Kier alpha value is -2.53. The van der Waals surface area contributed by atoms with Gasteiger partial charge in [0.15, 0.2) is 0 Å². The van der Waals surface area contributed by atoms with E-state index in [0.717, 1.165) is 17.1 Å². The molecular formula is C21H23N3OS. The van der Waals surface area contributed by atoms with Crippen molar-refractivity contribution in [1.29, 1.82) is 0 Å². The molecule has 4 nitrogen and oxygen atoms in total. The molecule has 0 atom stereocenters. The Bertz CT molecular complexity index is 860. The number of benzene rings is 2. The fourth-order valence-electron chi connectivity index (χ4n) is 2.87. The number of hydrogen-bond donors (Lipinski definition) is 1. The molecule has 1 heterocycles. The van der Waals surface area contributed by atoms with Crippen LogP contribution >= 0.6 is 11.8 Å². The maximum atomic E-state index is 12.6. The Labute approximate surface area is 158 Å². The molecule has 0 fully saturated rings. The van der Waals surface area contributed by atoms with Crippen molar-refractivity contribution in [3.63, 3.8) is 0 Å². The van der Waals surface area contributed by atoms with Crippen molar-refractivity contribution >= 4 is 17.7 Å². The number of hydrogen-bond acceptors (Lipinski definition) is 3. The monoisotopic (exact) mass is 365 g/mol. The molecule has 1 aromatic heterocycles. The summed E-state index contributed by atoms with van der Waals surface area (Å²) in [5, 5.41) is 7.57. The van der Waals surface area contributed by atoms with Crippen molar-refractivity contribution in [3.8, 4) is 0 Å². The minimum Gasteiger partial charge on any atom is -0.351 e. The lowest BCUT2D eigenvalue weighted by Gasteiger charge is -2.07. The highest BCUT2D eigenvalue weighted by molar-refractivity contribution is 7.99. The summed E-state index contributed by atoms with van der Waals surface area (Å²) in [5.41, 5.74) is 3.53. The third-order valence-electron chi connectivity index (χ3n) is 4.18. The number of nitrogens with zero attached hydrogens (tertiary/aromatic N) is 2. The van der Waals surface area contributed by atoms with Crippen molar-refractivity contribution in [2.75, 3.05) is 12.3 Å². The Balaban J connectivity index is 1.59. The van der Waals surface area contributed by atoms with E-state index in [9.17, 15) is 4.79 Å². The van der Waals surface area contributed by atoms with Gasteiger partial charge in [0, 0.05) is 22.9 Å². The van der Waals surface area contributed by atoms with E-state index in [4.69, 9.17) is 0 Å². The lowest BCUT2D eigenvalue weighted by atomic mass is 10.2. The number of amides is 1. The summed E-state index contributed by atoms with van der Waals surface area (Å²) in [6.45, 7) is 5.14. The zero-order chi connectivity index (χ0) is 18.4. The van der Waals surface area contributed by atoms with Gasteiger partial charge in [0.25, 0.3) is 5.91 Å². The van der Waals surface area contributed by atoms with Gasteiger partial charge in [0.05, 0.1) is 17.8 Å². The highest BCUT2D eigenvalue weighted by atomic mass is 32.2. The van der Waals surface area contributed by atoms with E-state index in [1.807, 2.05) is 54.9 Å². The first-order valence-electron chi connectivity index (χ1n) is 8.69. The van der Waals surface area contributed by atoms with Gasteiger partial charge in [-0.2, -0.15) is 5.10 Å². The summed E-state index contributed by atoms with van der Waals surface area (Å²) in [5.74, 6) is 0.791. The molecule has 1 N–H and O–H groups in total. The molecule has 0 aliphatic rings. The predicted octanol–water partition coefficient (Wildman–Crippen LogP) is 4.07.